The third-order valence-electron chi connectivity index (χ3n) is 2.00. The summed E-state index contributed by atoms with van der Waals surface area (Å²) in [4.78, 5) is 4.01. The minimum atomic E-state index is 0.545. The third kappa shape index (κ3) is 1.87. The van der Waals surface area contributed by atoms with Gasteiger partial charge in [0.15, 0.2) is 0 Å². The zero-order valence-electron chi connectivity index (χ0n) is 7.55. The first-order valence-electron chi connectivity index (χ1n) is 4.38. The average molecular weight is 203 g/mol. The molecular formula is C10H9N3S. The summed E-state index contributed by atoms with van der Waals surface area (Å²) in [7, 11) is 0. The molecule has 0 unspecified atom stereocenters. The number of benzene rings is 1. The SMILES string of the molecule is [N-]=[N+]=NCCc1cc2ccccc2s1. The predicted octanol–water partition coefficient (Wildman–Crippen LogP) is 3.75. The van der Waals surface area contributed by atoms with E-state index in [1.54, 1.807) is 11.3 Å². The van der Waals surface area contributed by atoms with Crippen molar-refractivity contribution in [2.75, 3.05) is 6.54 Å². The molecule has 1 aromatic carbocycles. The maximum atomic E-state index is 8.15. The van der Waals surface area contributed by atoms with E-state index in [2.05, 4.69) is 28.2 Å². The maximum Gasteiger partial charge on any atom is 0.0345 e. The zero-order chi connectivity index (χ0) is 9.80. The Morgan fingerprint density at radius 3 is 3.00 bits per heavy atom. The van der Waals surface area contributed by atoms with Crippen LogP contribution >= 0.6 is 11.3 Å². The van der Waals surface area contributed by atoms with Crippen molar-refractivity contribution >= 4 is 21.4 Å². The number of hydrogen-bond acceptors (Lipinski definition) is 2. The lowest BCUT2D eigenvalue weighted by molar-refractivity contribution is 0.975. The van der Waals surface area contributed by atoms with Crippen LogP contribution in [-0.2, 0) is 6.42 Å². The molecule has 0 aliphatic rings. The van der Waals surface area contributed by atoms with Gasteiger partial charge < -0.3 is 0 Å². The standard InChI is InChI=1S/C10H9N3S/c11-13-12-6-5-9-7-8-3-1-2-4-10(8)14-9/h1-4,7H,5-6H2. The molecule has 1 heterocycles. The topological polar surface area (TPSA) is 48.8 Å². The Balaban J connectivity index is 2.22. The van der Waals surface area contributed by atoms with Crippen molar-refractivity contribution in [1.82, 2.24) is 0 Å². The van der Waals surface area contributed by atoms with Crippen LogP contribution in [0.5, 0.6) is 0 Å². The molecule has 2 rings (SSSR count). The highest BCUT2D eigenvalue weighted by Crippen LogP contribution is 2.25. The number of nitrogens with zero attached hydrogens (tertiary/aromatic N) is 3. The molecule has 0 bridgehead atoms. The molecule has 70 valence electrons. The van der Waals surface area contributed by atoms with Gasteiger partial charge in [-0.25, -0.2) is 0 Å². The largest absolute Gasteiger partial charge is 0.140 e. The molecule has 0 spiro atoms. The molecule has 4 heteroatoms. The molecular weight excluding hydrogens is 194 g/mol. The average Bonchev–Trinajstić information content (AvgIpc) is 2.60. The monoisotopic (exact) mass is 203 g/mol. The normalized spacial score (nSPS) is 10.0. The van der Waals surface area contributed by atoms with Gasteiger partial charge in [0.1, 0.15) is 0 Å². The van der Waals surface area contributed by atoms with Crippen molar-refractivity contribution in [3.05, 3.63) is 45.7 Å². The summed E-state index contributed by atoms with van der Waals surface area (Å²) < 4.78 is 1.29. The molecule has 0 radical (unpaired) electrons. The lowest BCUT2D eigenvalue weighted by Gasteiger charge is -1.87. The Morgan fingerprint density at radius 1 is 1.36 bits per heavy atom. The molecule has 0 fully saturated rings. The Bertz CT molecular complexity index is 450. The van der Waals surface area contributed by atoms with Crippen LogP contribution in [0.2, 0.25) is 0 Å². The first-order chi connectivity index (χ1) is 6.90. The molecule has 3 nitrogen and oxygen atoms in total. The van der Waals surface area contributed by atoms with Crippen molar-refractivity contribution in [2.24, 2.45) is 5.11 Å². The van der Waals surface area contributed by atoms with Crippen molar-refractivity contribution in [2.45, 2.75) is 6.42 Å². The van der Waals surface area contributed by atoms with Crippen molar-refractivity contribution in [3.63, 3.8) is 0 Å². The van der Waals surface area contributed by atoms with Crippen LogP contribution in [0.15, 0.2) is 35.4 Å². The molecule has 0 atom stereocenters. The van der Waals surface area contributed by atoms with E-state index in [1.807, 2.05) is 12.1 Å². The van der Waals surface area contributed by atoms with Gasteiger partial charge in [0.2, 0.25) is 0 Å². The molecule has 0 aliphatic carbocycles. The Labute approximate surface area is 85.6 Å². The summed E-state index contributed by atoms with van der Waals surface area (Å²) >= 11 is 1.76. The van der Waals surface area contributed by atoms with Crippen LogP contribution < -0.4 is 0 Å². The fourth-order valence-electron chi connectivity index (χ4n) is 1.36. The third-order valence-corrected chi connectivity index (χ3v) is 3.17. The van der Waals surface area contributed by atoms with Gasteiger partial charge in [-0.2, -0.15) is 0 Å². The van der Waals surface area contributed by atoms with Crippen LogP contribution in [0.4, 0.5) is 0 Å². The maximum absolute atomic E-state index is 8.15. The van der Waals surface area contributed by atoms with Gasteiger partial charge in [-0.05, 0) is 29.5 Å². The molecule has 0 N–H and O–H groups in total. The first kappa shape index (κ1) is 9.06. The molecule has 0 aliphatic heterocycles. The van der Waals surface area contributed by atoms with Gasteiger partial charge >= 0.3 is 0 Å². The molecule has 1 aromatic heterocycles. The van der Waals surface area contributed by atoms with E-state index in [0.29, 0.717) is 6.54 Å². The summed E-state index contributed by atoms with van der Waals surface area (Å²) in [6, 6.07) is 10.4. The summed E-state index contributed by atoms with van der Waals surface area (Å²) in [5, 5.41) is 4.80. The number of thiophene rings is 1. The minimum Gasteiger partial charge on any atom is -0.140 e. The Hall–Kier alpha value is -1.51. The van der Waals surface area contributed by atoms with Crippen LogP contribution in [0.3, 0.4) is 0 Å². The van der Waals surface area contributed by atoms with E-state index in [4.69, 9.17) is 5.53 Å². The van der Waals surface area contributed by atoms with Crippen LogP contribution in [-0.4, -0.2) is 6.54 Å². The second-order valence-electron chi connectivity index (χ2n) is 2.96. The smallest absolute Gasteiger partial charge is 0.0345 e. The summed E-state index contributed by atoms with van der Waals surface area (Å²) in [5.74, 6) is 0. The van der Waals surface area contributed by atoms with E-state index >= 15 is 0 Å². The van der Waals surface area contributed by atoms with Crippen LogP contribution in [0, 0.1) is 0 Å². The summed E-state index contributed by atoms with van der Waals surface area (Å²) in [6.45, 7) is 0.545. The fourth-order valence-corrected chi connectivity index (χ4v) is 2.42. The summed E-state index contributed by atoms with van der Waals surface area (Å²) in [5.41, 5.74) is 8.15. The van der Waals surface area contributed by atoms with Crippen molar-refractivity contribution < 1.29 is 0 Å². The molecule has 0 saturated carbocycles. The van der Waals surface area contributed by atoms with Gasteiger partial charge in [0.05, 0.1) is 0 Å². The highest BCUT2D eigenvalue weighted by atomic mass is 32.1. The van der Waals surface area contributed by atoms with E-state index in [1.165, 1.54) is 15.0 Å². The lowest BCUT2D eigenvalue weighted by atomic mass is 10.2. The highest BCUT2D eigenvalue weighted by molar-refractivity contribution is 7.19. The molecule has 0 saturated heterocycles. The number of fused-ring (bicyclic) bond motifs is 1. The minimum absolute atomic E-state index is 0.545. The second-order valence-corrected chi connectivity index (χ2v) is 4.12. The molecule has 0 amide bonds. The first-order valence-corrected chi connectivity index (χ1v) is 5.20. The summed E-state index contributed by atoms with van der Waals surface area (Å²) in [6.07, 6.45) is 0.837. The second kappa shape index (κ2) is 4.13. The fraction of sp³-hybridized carbons (Fsp3) is 0.200. The number of azide groups is 1. The Morgan fingerprint density at radius 2 is 2.21 bits per heavy atom. The zero-order valence-corrected chi connectivity index (χ0v) is 8.37. The number of rotatable bonds is 3. The highest BCUT2D eigenvalue weighted by Gasteiger charge is 1.99. The molecule has 2 aromatic rings. The Kier molecular flexibility index (Phi) is 2.68. The van der Waals surface area contributed by atoms with Gasteiger partial charge in [0.25, 0.3) is 0 Å². The van der Waals surface area contributed by atoms with Crippen LogP contribution in [0.25, 0.3) is 20.5 Å². The number of hydrogen-bond donors (Lipinski definition) is 0. The van der Waals surface area contributed by atoms with E-state index in [9.17, 15) is 0 Å². The van der Waals surface area contributed by atoms with Gasteiger partial charge in [-0.3, -0.25) is 0 Å². The lowest BCUT2D eigenvalue weighted by Crippen LogP contribution is -1.82. The van der Waals surface area contributed by atoms with Crippen LogP contribution in [0.1, 0.15) is 4.88 Å². The van der Waals surface area contributed by atoms with E-state index in [0.717, 1.165) is 6.42 Å². The van der Waals surface area contributed by atoms with E-state index < -0.39 is 0 Å². The van der Waals surface area contributed by atoms with Gasteiger partial charge in [0, 0.05) is 21.0 Å². The van der Waals surface area contributed by atoms with Gasteiger partial charge in [-0.15, -0.1) is 11.3 Å². The van der Waals surface area contributed by atoms with Crippen molar-refractivity contribution in [1.29, 1.82) is 0 Å². The predicted molar refractivity (Wildman–Crippen MR) is 59.5 cm³/mol. The molecule has 14 heavy (non-hydrogen) atoms. The van der Waals surface area contributed by atoms with E-state index in [-0.39, 0.29) is 0 Å². The van der Waals surface area contributed by atoms with Crippen molar-refractivity contribution in [3.8, 4) is 0 Å². The van der Waals surface area contributed by atoms with Gasteiger partial charge in [-0.1, -0.05) is 23.3 Å². The quantitative estimate of drug-likeness (QED) is 0.414.